The van der Waals surface area contributed by atoms with Crippen LogP contribution < -0.4 is 0 Å². The van der Waals surface area contributed by atoms with E-state index in [1.807, 2.05) is 24.3 Å². The van der Waals surface area contributed by atoms with Crippen LogP contribution in [0.4, 0.5) is 5.69 Å². The molecule has 3 aromatic rings. The summed E-state index contributed by atoms with van der Waals surface area (Å²) in [5, 5.41) is 23.6. The molecule has 2 aliphatic heterocycles. The van der Waals surface area contributed by atoms with Gasteiger partial charge < -0.3 is 10.1 Å². The summed E-state index contributed by atoms with van der Waals surface area (Å²) >= 11 is 0. The molecule has 1 aliphatic carbocycles. The number of H-pyrrole nitrogens is 1. The molecule has 170 valence electrons. The number of fused-ring (bicyclic) bond motifs is 6. The lowest BCUT2D eigenvalue weighted by molar-refractivity contribution is -0.383. The Kier molecular flexibility index (Phi) is 4.71. The molecular weight excluding hydrogens is 414 g/mol. The van der Waals surface area contributed by atoms with Gasteiger partial charge in [0.25, 0.3) is 5.69 Å². The second-order valence-corrected chi connectivity index (χ2v) is 10.2. The molecule has 0 amide bonds. The SMILES string of the molecule is C[C@@]12CC3C[C@H](O)C(=Cc4ccccc4)CC3CN1CCc1c2[nH]c2c([N+](=O)[O-])cccc12. The average molecular weight is 444 g/mol. The Bertz CT molecular complexity index is 1260. The quantitative estimate of drug-likeness (QED) is 0.430. The van der Waals surface area contributed by atoms with Crippen LogP contribution in [0.5, 0.6) is 0 Å². The summed E-state index contributed by atoms with van der Waals surface area (Å²) in [4.78, 5) is 17.4. The smallest absolute Gasteiger partial charge is 0.293 e. The highest BCUT2D eigenvalue weighted by Gasteiger charge is 2.50. The number of nitrogens with one attached hydrogen (secondary N) is 1. The first-order valence-electron chi connectivity index (χ1n) is 11.9. The van der Waals surface area contributed by atoms with Crippen molar-refractivity contribution < 1.29 is 10.0 Å². The second kappa shape index (κ2) is 7.54. The summed E-state index contributed by atoms with van der Waals surface area (Å²) in [5.41, 5.74) is 5.26. The number of aromatic amines is 1. The standard InChI is InChI=1S/C27H29N3O3/c1-27-15-19-14-24(31)18(12-17-6-3-2-4-7-17)13-20(19)16-29(27)11-10-22-21-8-5-9-23(30(32)33)25(21)28-26(22)27/h2-9,12,19-20,24,28,31H,10-11,13-16H2,1H3/t19?,20?,24-,27-/m0/s1. The average Bonchev–Trinajstić information content (AvgIpc) is 3.19. The molecule has 4 atom stereocenters. The number of rotatable bonds is 2. The van der Waals surface area contributed by atoms with E-state index in [0.29, 0.717) is 17.4 Å². The van der Waals surface area contributed by atoms with Crippen molar-refractivity contribution in [2.75, 3.05) is 13.1 Å². The molecule has 33 heavy (non-hydrogen) atoms. The van der Waals surface area contributed by atoms with Crippen LogP contribution >= 0.6 is 0 Å². The maximum atomic E-state index is 11.6. The van der Waals surface area contributed by atoms with E-state index in [2.05, 4.69) is 35.0 Å². The number of non-ortho nitro benzene ring substituents is 1. The van der Waals surface area contributed by atoms with Crippen molar-refractivity contribution in [2.45, 2.75) is 44.2 Å². The lowest BCUT2D eigenvalue weighted by Crippen LogP contribution is -2.57. The molecule has 3 heterocycles. The second-order valence-electron chi connectivity index (χ2n) is 10.2. The number of nitrogens with zero attached hydrogens (tertiary/aromatic N) is 2. The Morgan fingerprint density at radius 2 is 2.00 bits per heavy atom. The van der Waals surface area contributed by atoms with Crippen LogP contribution in [0.15, 0.2) is 54.1 Å². The molecule has 1 aromatic heterocycles. The van der Waals surface area contributed by atoms with Gasteiger partial charge in [0.15, 0.2) is 0 Å². The van der Waals surface area contributed by atoms with E-state index >= 15 is 0 Å². The zero-order chi connectivity index (χ0) is 22.7. The highest BCUT2D eigenvalue weighted by molar-refractivity contribution is 5.92. The minimum absolute atomic E-state index is 0.148. The molecule has 6 rings (SSSR count). The van der Waals surface area contributed by atoms with Crippen LogP contribution in [-0.4, -0.2) is 39.1 Å². The first-order chi connectivity index (χ1) is 15.9. The number of hydrogen-bond donors (Lipinski definition) is 2. The predicted molar refractivity (Wildman–Crippen MR) is 129 cm³/mol. The van der Waals surface area contributed by atoms with E-state index in [9.17, 15) is 15.2 Å². The molecule has 3 aliphatic rings. The first kappa shape index (κ1) is 20.6. The highest BCUT2D eigenvalue weighted by atomic mass is 16.6. The molecular formula is C27H29N3O3. The maximum absolute atomic E-state index is 11.6. The third-order valence-corrected chi connectivity index (χ3v) is 8.37. The molecule has 6 nitrogen and oxygen atoms in total. The zero-order valence-electron chi connectivity index (χ0n) is 18.8. The predicted octanol–water partition coefficient (Wildman–Crippen LogP) is 5.02. The molecule has 2 unspecified atom stereocenters. The minimum Gasteiger partial charge on any atom is -0.389 e. The number of nitro groups is 1. The van der Waals surface area contributed by atoms with Crippen molar-refractivity contribution in [3.63, 3.8) is 0 Å². The minimum atomic E-state index is -0.409. The van der Waals surface area contributed by atoms with Gasteiger partial charge >= 0.3 is 0 Å². The van der Waals surface area contributed by atoms with Crippen LogP contribution in [0.25, 0.3) is 17.0 Å². The van der Waals surface area contributed by atoms with E-state index in [-0.39, 0.29) is 16.1 Å². The fraction of sp³-hybridized carbons (Fsp3) is 0.407. The van der Waals surface area contributed by atoms with Gasteiger partial charge in [-0.05, 0) is 61.1 Å². The van der Waals surface area contributed by atoms with E-state index in [1.54, 1.807) is 12.1 Å². The van der Waals surface area contributed by atoms with Gasteiger partial charge in [-0.2, -0.15) is 0 Å². The van der Waals surface area contributed by atoms with Crippen molar-refractivity contribution >= 4 is 22.7 Å². The Labute approximate surface area is 193 Å². The third kappa shape index (κ3) is 3.23. The number of nitro benzene ring substituents is 1. The fourth-order valence-corrected chi connectivity index (χ4v) is 6.72. The van der Waals surface area contributed by atoms with E-state index < -0.39 is 6.10 Å². The lowest BCUT2D eigenvalue weighted by Gasteiger charge is -2.55. The van der Waals surface area contributed by atoms with Crippen molar-refractivity contribution in [1.29, 1.82) is 0 Å². The van der Waals surface area contributed by atoms with E-state index in [4.69, 9.17) is 0 Å². The monoisotopic (exact) mass is 443 g/mol. The summed E-state index contributed by atoms with van der Waals surface area (Å²) < 4.78 is 0. The first-order valence-corrected chi connectivity index (χ1v) is 11.9. The zero-order valence-corrected chi connectivity index (χ0v) is 18.8. The summed E-state index contributed by atoms with van der Waals surface area (Å²) in [7, 11) is 0. The molecule has 0 spiro atoms. The van der Waals surface area contributed by atoms with Crippen LogP contribution in [0.3, 0.4) is 0 Å². The molecule has 0 radical (unpaired) electrons. The van der Waals surface area contributed by atoms with Gasteiger partial charge in [-0.25, -0.2) is 0 Å². The summed E-state index contributed by atoms with van der Waals surface area (Å²) in [6, 6.07) is 15.6. The molecule has 0 bridgehead atoms. The number of aliphatic hydroxyl groups is 1. The summed E-state index contributed by atoms with van der Waals surface area (Å²) in [6.45, 7) is 4.24. The molecule has 6 heteroatoms. The van der Waals surface area contributed by atoms with E-state index in [1.165, 1.54) is 5.56 Å². The number of aromatic nitrogens is 1. The Hall–Kier alpha value is -2.96. The summed E-state index contributed by atoms with van der Waals surface area (Å²) in [6.07, 6.45) is 5.33. The number of piperidine rings is 1. The van der Waals surface area contributed by atoms with Crippen LogP contribution in [0.1, 0.15) is 43.0 Å². The van der Waals surface area contributed by atoms with Crippen molar-refractivity contribution in [3.8, 4) is 0 Å². The Morgan fingerprint density at radius 1 is 1.18 bits per heavy atom. The highest BCUT2D eigenvalue weighted by Crippen LogP contribution is 2.51. The van der Waals surface area contributed by atoms with Gasteiger partial charge in [-0.1, -0.05) is 48.5 Å². The summed E-state index contributed by atoms with van der Waals surface area (Å²) in [5.74, 6) is 0.957. The number of aliphatic hydroxyl groups excluding tert-OH is 1. The van der Waals surface area contributed by atoms with Crippen molar-refractivity contribution in [3.05, 3.63) is 81.0 Å². The van der Waals surface area contributed by atoms with Gasteiger partial charge in [0.1, 0.15) is 5.52 Å². The number of para-hydroxylation sites is 1. The number of benzene rings is 2. The Morgan fingerprint density at radius 3 is 2.79 bits per heavy atom. The van der Waals surface area contributed by atoms with E-state index in [0.717, 1.165) is 61.0 Å². The van der Waals surface area contributed by atoms with Gasteiger partial charge in [0.2, 0.25) is 0 Å². The fourth-order valence-electron chi connectivity index (χ4n) is 6.72. The molecule has 2 N–H and O–H groups in total. The van der Waals surface area contributed by atoms with Gasteiger partial charge in [0, 0.05) is 30.2 Å². The molecule has 2 aromatic carbocycles. The Balaban J connectivity index is 1.34. The van der Waals surface area contributed by atoms with Crippen molar-refractivity contribution in [1.82, 2.24) is 9.88 Å². The van der Waals surface area contributed by atoms with Gasteiger partial charge in [0.05, 0.1) is 16.6 Å². The molecule has 1 saturated carbocycles. The molecule has 1 saturated heterocycles. The number of hydrogen-bond acceptors (Lipinski definition) is 4. The van der Waals surface area contributed by atoms with Gasteiger partial charge in [-0.15, -0.1) is 0 Å². The van der Waals surface area contributed by atoms with Crippen LogP contribution in [0.2, 0.25) is 0 Å². The lowest BCUT2D eigenvalue weighted by atomic mass is 9.64. The topological polar surface area (TPSA) is 82.4 Å². The van der Waals surface area contributed by atoms with Gasteiger partial charge in [-0.3, -0.25) is 15.0 Å². The maximum Gasteiger partial charge on any atom is 0.293 e. The van der Waals surface area contributed by atoms with Crippen LogP contribution in [0, 0.1) is 22.0 Å². The normalized spacial score (nSPS) is 30.6. The third-order valence-electron chi connectivity index (χ3n) is 8.37. The van der Waals surface area contributed by atoms with Crippen LogP contribution in [-0.2, 0) is 12.0 Å². The van der Waals surface area contributed by atoms with Crippen molar-refractivity contribution in [2.24, 2.45) is 11.8 Å². The largest absolute Gasteiger partial charge is 0.389 e. The molecule has 2 fully saturated rings.